The molecule has 1 aliphatic rings. The molecule has 1 fully saturated rings. The standard InChI is InChI=1S/C19H40N4O/c1-8-23(9-2)15(3)13-21-18(20-7)22-14-16-11-10-12-24-17(16)19(4,5)6/h15-17H,8-14H2,1-7H3,(H2,20,21,22). The second-order valence-electron chi connectivity index (χ2n) is 7.96. The van der Waals surface area contributed by atoms with Crippen LogP contribution in [0.2, 0.25) is 0 Å². The van der Waals surface area contributed by atoms with Gasteiger partial charge in [0, 0.05) is 38.7 Å². The Bertz CT molecular complexity index is 374. The van der Waals surface area contributed by atoms with Gasteiger partial charge in [-0.05, 0) is 38.3 Å². The highest BCUT2D eigenvalue weighted by Crippen LogP contribution is 2.33. The summed E-state index contributed by atoms with van der Waals surface area (Å²) in [6.07, 6.45) is 2.69. The monoisotopic (exact) mass is 340 g/mol. The van der Waals surface area contributed by atoms with Crippen LogP contribution in [0, 0.1) is 11.3 Å². The molecular weight excluding hydrogens is 300 g/mol. The fourth-order valence-electron chi connectivity index (χ4n) is 3.68. The minimum absolute atomic E-state index is 0.182. The van der Waals surface area contributed by atoms with Crippen molar-refractivity contribution in [1.82, 2.24) is 15.5 Å². The van der Waals surface area contributed by atoms with Gasteiger partial charge in [-0.3, -0.25) is 9.89 Å². The minimum atomic E-state index is 0.182. The predicted octanol–water partition coefficient (Wildman–Crippen LogP) is 2.72. The molecule has 1 aliphatic heterocycles. The van der Waals surface area contributed by atoms with E-state index in [1.807, 2.05) is 7.05 Å². The summed E-state index contributed by atoms with van der Waals surface area (Å²) in [5, 5.41) is 6.98. The highest BCUT2D eigenvalue weighted by Gasteiger charge is 2.35. The molecule has 24 heavy (non-hydrogen) atoms. The van der Waals surface area contributed by atoms with Gasteiger partial charge in [-0.2, -0.15) is 0 Å². The first-order valence-corrected chi connectivity index (χ1v) is 9.63. The summed E-state index contributed by atoms with van der Waals surface area (Å²) in [6, 6.07) is 0.499. The van der Waals surface area contributed by atoms with Crippen molar-refractivity contribution in [3.8, 4) is 0 Å². The fraction of sp³-hybridized carbons (Fsp3) is 0.947. The Morgan fingerprint density at radius 3 is 2.46 bits per heavy atom. The highest BCUT2D eigenvalue weighted by molar-refractivity contribution is 5.79. The topological polar surface area (TPSA) is 48.9 Å². The van der Waals surface area contributed by atoms with E-state index in [0.717, 1.165) is 45.2 Å². The smallest absolute Gasteiger partial charge is 0.191 e. The molecule has 0 amide bonds. The molecule has 1 saturated heterocycles. The van der Waals surface area contributed by atoms with Crippen LogP contribution in [0.15, 0.2) is 4.99 Å². The second-order valence-corrected chi connectivity index (χ2v) is 7.96. The van der Waals surface area contributed by atoms with Crippen molar-refractivity contribution in [2.45, 2.75) is 66.5 Å². The molecule has 1 heterocycles. The number of nitrogens with one attached hydrogen (secondary N) is 2. The zero-order valence-corrected chi connectivity index (χ0v) is 17.0. The van der Waals surface area contributed by atoms with E-state index in [1.165, 1.54) is 6.42 Å². The number of nitrogens with zero attached hydrogens (tertiary/aromatic N) is 2. The summed E-state index contributed by atoms with van der Waals surface area (Å²) in [5.41, 5.74) is 0.182. The van der Waals surface area contributed by atoms with Gasteiger partial charge >= 0.3 is 0 Å². The lowest BCUT2D eigenvalue weighted by Gasteiger charge is -2.40. The average Bonchev–Trinajstić information content (AvgIpc) is 2.55. The maximum atomic E-state index is 6.07. The van der Waals surface area contributed by atoms with Gasteiger partial charge in [0.1, 0.15) is 0 Å². The van der Waals surface area contributed by atoms with E-state index in [1.54, 1.807) is 0 Å². The van der Waals surface area contributed by atoms with Gasteiger partial charge in [0.25, 0.3) is 0 Å². The summed E-state index contributed by atoms with van der Waals surface area (Å²) in [4.78, 5) is 6.83. The first-order valence-electron chi connectivity index (χ1n) is 9.63. The number of likely N-dealkylation sites (N-methyl/N-ethyl adjacent to an activating group) is 1. The number of guanidine groups is 1. The molecule has 0 spiro atoms. The van der Waals surface area contributed by atoms with Crippen LogP contribution in [0.3, 0.4) is 0 Å². The first-order chi connectivity index (χ1) is 11.3. The lowest BCUT2D eigenvalue weighted by molar-refractivity contribution is -0.0835. The third-order valence-corrected chi connectivity index (χ3v) is 5.05. The third kappa shape index (κ3) is 6.60. The van der Waals surface area contributed by atoms with Gasteiger partial charge in [-0.1, -0.05) is 34.6 Å². The molecular formula is C19H40N4O. The van der Waals surface area contributed by atoms with Crippen LogP contribution >= 0.6 is 0 Å². The molecule has 3 atom stereocenters. The van der Waals surface area contributed by atoms with E-state index in [2.05, 4.69) is 62.1 Å². The van der Waals surface area contributed by atoms with Gasteiger partial charge < -0.3 is 15.4 Å². The normalized spacial score (nSPS) is 24.1. The van der Waals surface area contributed by atoms with Gasteiger partial charge in [-0.15, -0.1) is 0 Å². The van der Waals surface area contributed by atoms with Gasteiger partial charge in [0.2, 0.25) is 0 Å². The van der Waals surface area contributed by atoms with Crippen LogP contribution in [-0.2, 0) is 4.74 Å². The summed E-state index contributed by atoms with van der Waals surface area (Å²) in [7, 11) is 1.84. The van der Waals surface area contributed by atoms with Crippen molar-refractivity contribution in [1.29, 1.82) is 0 Å². The molecule has 5 heteroatoms. The summed E-state index contributed by atoms with van der Waals surface area (Å²) < 4.78 is 6.07. The third-order valence-electron chi connectivity index (χ3n) is 5.05. The predicted molar refractivity (Wildman–Crippen MR) is 104 cm³/mol. The molecule has 3 unspecified atom stereocenters. The molecule has 0 radical (unpaired) electrons. The summed E-state index contributed by atoms with van der Waals surface area (Å²) in [5.74, 6) is 1.43. The van der Waals surface area contributed by atoms with Crippen LogP contribution in [0.1, 0.15) is 54.4 Å². The van der Waals surface area contributed by atoms with Gasteiger partial charge in [-0.25, -0.2) is 0 Å². The maximum absolute atomic E-state index is 6.07. The Morgan fingerprint density at radius 1 is 1.25 bits per heavy atom. The molecule has 2 N–H and O–H groups in total. The number of hydrogen-bond acceptors (Lipinski definition) is 3. The Kier molecular flexibility index (Phi) is 9.06. The fourth-order valence-corrected chi connectivity index (χ4v) is 3.68. The Morgan fingerprint density at radius 2 is 1.92 bits per heavy atom. The summed E-state index contributed by atoms with van der Waals surface area (Å²) >= 11 is 0. The molecule has 0 aromatic rings. The molecule has 0 aliphatic carbocycles. The van der Waals surface area contributed by atoms with Crippen LogP contribution in [0.5, 0.6) is 0 Å². The van der Waals surface area contributed by atoms with Crippen LogP contribution < -0.4 is 10.6 Å². The average molecular weight is 341 g/mol. The van der Waals surface area contributed by atoms with E-state index in [9.17, 15) is 0 Å². The zero-order valence-electron chi connectivity index (χ0n) is 17.0. The van der Waals surface area contributed by atoms with E-state index < -0.39 is 0 Å². The molecule has 0 bridgehead atoms. The first kappa shape index (κ1) is 21.2. The Hall–Kier alpha value is -0.810. The molecule has 0 aromatic carbocycles. The van der Waals surface area contributed by atoms with E-state index in [-0.39, 0.29) is 5.41 Å². The maximum Gasteiger partial charge on any atom is 0.191 e. The van der Waals surface area contributed by atoms with Gasteiger partial charge in [0.05, 0.1) is 6.10 Å². The van der Waals surface area contributed by atoms with Crippen LogP contribution in [0.25, 0.3) is 0 Å². The minimum Gasteiger partial charge on any atom is -0.377 e. The number of aliphatic imine (C=N–C) groups is 1. The SMILES string of the molecule is CCN(CC)C(C)CNC(=NC)NCC1CCCOC1C(C)(C)C. The Balaban J connectivity index is 2.48. The number of hydrogen-bond donors (Lipinski definition) is 2. The quantitative estimate of drug-likeness (QED) is 0.553. The van der Waals surface area contributed by atoms with E-state index >= 15 is 0 Å². The number of rotatable bonds is 7. The second kappa shape index (κ2) is 10.2. The van der Waals surface area contributed by atoms with Crippen molar-refractivity contribution in [2.24, 2.45) is 16.3 Å². The van der Waals surface area contributed by atoms with Crippen molar-refractivity contribution < 1.29 is 4.74 Å². The molecule has 5 nitrogen and oxygen atoms in total. The highest BCUT2D eigenvalue weighted by atomic mass is 16.5. The zero-order chi connectivity index (χ0) is 18.2. The Labute approximate surface area is 149 Å². The van der Waals surface area contributed by atoms with E-state index in [0.29, 0.717) is 18.1 Å². The van der Waals surface area contributed by atoms with Crippen molar-refractivity contribution in [2.75, 3.05) is 39.8 Å². The van der Waals surface area contributed by atoms with Crippen LogP contribution in [0.4, 0.5) is 0 Å². The van der Waals surface area contributed by atoms with Crippen molar-refractivity contribution in [3.63, 3.8) is 0 Å². The van der Waals surface area contributed by atoms with E-state index in [4.69, 9.17) is 4.74 Å². The molecule has 1 rings (SSSR count). The molecule has 142 valence electrons. The summed E-state index contributed by atoms with van der Waals surface area (Å²) in [6.45, 7) is 18.4. The lowest BCUT2D eigenvalue weighted by atomic mass is 9.78. The largest absolute Gasteiger partial charge is 0.377 e. The van der Waals surface area contributed by atoms with Crippen LogP contribution in [-0.4, -0.2) is 62.8 Å². The lowest BCUT2D eigenvalue weighted by Crippen LogP contribution is -2.49. The number of ether oxygens (including phenoxy) is 1. The van der Waals surface area contributed by atoms with Crippen molar-refractivity contribution in [3.05, 3.63) is 0 Å². The van der Waals surface area contributed by atoms with Crippen molar-refractivity contribution >= 4 is 5.96 Å². The molecule has 0 saturated carbocycles. The van der Waals surface area contributed by atoms with Gasteiger partial charge in [0.15, 0.2) is 5.96 Å². The molecule has 0 aromatic heterocycles.